The summed E-state index contributed by atoms with van der Waals surface area (Å²) in [7, 11) is 0. The lowest BCUT2D eigenvalue weighted by Crippen LogP contribution is -2.01. The molecule has 0 N–H and O–H groups in total. The zero-order valence-electron chi connectivity index (χ0n) is 12.7. The molecule has 0 saturated heterocycles. The molecular weight excluding hydrogens is 313 g/mol. The van der Waals surface area contributed by atoms with Gasteiger partial charge in [0.2, 0.25) is 5.88 Å². The smallest absolute Gasteiger partial charge is 0.232 e. The molecule has 0 spiro atoms. The molecule has 0 saturated carbocycles. The van der Waals surface area contributed by atoms with Crippen molar-refractivity contribution in [3.63, 3.8) is 0 Å². The predicted octanol–water partition coefficient (Wildman–Crippen LogP) is 2.81. The summed E-state index contributed by atoms with van der Waals surface area (Å²) >= 11 is 0. The van der Waals surface area contributed by atoms with E-state index < -0.39 is 0 Å². The van der Waals surface area contributed by atoms with Gasteiger partial charge in [0.15, 0.2) is 5.65 Å². The van der Waals surface area contributed by atoms with E-state index >= 15 is 0 Å². The van der Waals surface area contributed by atoms with Gasteiger partial charge in [-0.15, -0.1) is 15.3 Å². The summed E-state index contributed by atoms with van der Waals surface area (Å²) in [6.45, 7) is 2.03. The topological polar surface area (TPSA) is 78.3 Å². The molecule has 0 amide bonds. The van der Waals surface area contributed by atoms with Crippen LogP contribution >= 0.6 is 0 Å². The van der Waals surface area contributed by atoms with Crippen LogP contribution in [0.2, 0.25) is 0 Å². The van der Waals surface area contributed by atoms with Crippen LogP contribution in [0.5, 0.6) is 5.88 Å². The van der Waals surface area contributed by atoms with Gasteiger partial charge in [0.05, 0.1) is 5.56 Å². The Labute approximate surface area is 135 Å². The molecule has 24 heavy (non-hydrogen) atoms. The SMILES string of the molecule is Cc1onc(-c2ccc(F)cc2)c1COc1ccc2nncn2n1. The number of aryl methyl sites for hydroxylation is 1. The predicted molar refractivity (Wildman–Crippen MR) is 81.7 cm³/mol. The third kappa shape index (κ3) is 2.58. The van der Waals surface area contributed by atoms with Crippen LogP contribution < -0.4 is 4.74 Å². The number of nitrogens with zero attached hydrogens (tertiary/aromatic N) is 5. The highest BCUT2D eigenvalue weighted by molar-refractivity contribution is 5.63. The lowest BCUT2D eigenvalue weighted by molar-refractivity contribution is 0.286. The van der Waals surface area contributed by atoms with E-state index in [9.17, 15) is 4.39 Å². The maximum absolute atomic E-state index is 13.1. The van der Waals surface area contributed by atoms with Gasteiger partial charge in [-0.3, -0.25) is 0 Å². The Morgan fingerprint density at radius 1 is 1.17 bits per heavy atom. The van der Waals surface area contributed by atoms with Crippen molar-refractivity contribution in [1.29, 1.82) is 0 Å². The van der Waals surface area contributed by atoms with E-state index in [4.69, 9.17) is 9.26 Å². The molecule has 0 aliphatic rings. The zero-order valence-corrected chi connectivity index (χ0v) is 12.7. The molecule has 0 fully saturated rings. The van der Waals surface area contributed by atoms with Gasteiger partial charge >= 0.3 is 0 Å². The van der Waals surface area contributed by atoms with E-state index in [1.54, 1.807) is 31.2 Å². The van der Waals surface area contributed by atoms with Crippen LogP contribution in [0.25, 0.3) is 16.9 Å². The van der Waals surface area contributed by atoms with Crippen molar-refractivity contribution in [3.8, 4) is 17.1 Å². The van der Waals surface area contributed by atoms with Crippen LogP contribution in [-0.2, 0) is 6.61 Å². The van der Waals surface area contributed by atoms with Gasteiger partial charge in [0.25, 0.3) is 0 Å². The van der Waals surface area contributed by atoms with Crippen molar-refractivity contribution in [3.05, 3.63) is 59.9 Å². The molecule has 0 unspecified atom stereocenters. The number of hydrogen-bond donors (Lipinski definition) is 0. The lowest BCUT2D eigenvalue weighted by atomic mass is 10.1. The first-order valence-electron chi connectivity index (χ1n) is 7.21. The quantitative estimate of drug-likeness (QED) is 0.574. The van der Waals surface area contributed by atoms with Crippen LogP contribution in [0.3, 0.4) is 0 Å². The molecule has 4 rings (SSSR count). The third-order valence-corrected chi connectivity index (χ3v) is 3.60. The summed E-state index contributed by atoms with van der Waals surface area (Å²) in [4.78, 5) is 0. The summed E-state index contributed by atoms with van der Waals surface area (Å²) in [5, 5.41) is 15.9. The largest absolute Gasteiger partial charge is 0.472 e. The fourth-order valence-corrected chi connectivity index (χ4v) is 2.33. The first kappa shape index (κ1) is 14.3. The number of rotatable bonds is 4. The number of benzene rings is 1. The van der Waals surface area contributed by atoms with Crippen molar-refractivity contribution >= 4 is 5.65 Å². The number of aromatic nitrogens is 5. The number of hydrogen-bond acceptors (Lipinski definition) is 6. The highest BCUT2D eigenvalue weighted by Gasteiger charge is 2.16. The van der Waals surface area contributed by atoms with E-state index in [-0.39, 0.29) is 12.4 Å². The van der Waals surface area contributed by atoms with E-state index in [1.165, 1.54) is 23.0 Å². The Hall–Kier alpha value is -3.29. The number of ether oxygens (including phenoxy) is 1. The van der Waals surface area contributed by atoms with Gasteiger partial charge in [-0.05, 0) is 37.3 Å². The first-order valence-corrected chi connectivity index (χ1v) is 7.21. The Morgan fingerprint density at radius 2 is 2.00 bits per heavy atom. The van der Waals surface area contributed by atoms with E-state index in [2.05, 4.69) is 20.5 Å². The van der Waals surface area contributed by atoms with E-state index in [0.29, 0.717) is 23.0 Å². The van der Waals surface area contributed by atoms with Crippen molar-refractivity contribution in [2.45, 2.75) is 13.5 Å². The molecule has 1 aromatic carbocycles. The molecule has 8 heteroatoms. The summed E-state index contributed by atoms with van der Waals surface area (Å²) in [5.41, 5.74) is 2.80. The molecule has 3 aromatic heterocycles. The summed E-state index contributed by atoms with van der Waals surface area (Å²) in [6, 6.07) is 9.54. The van der Waals surface area contributed by atoms with Gasteiger partial charge in [-0.2, -0.15) is 4.52 Å². The second-order valence-corrected chi connectivity index (χ2v) is 5.17. The minimum atomic E-state index is -0.303. The highest BCUT2D eigenvalue weighted by Crippen LogP contribution is 2.26. The normalized spacial score (nSPS) is 11.1. The Bertz CT molecular complexity index is 993. The molecule has 0 aliphatic heterocycles. The fraction of sp³-hybridized carbons (Fsp3) is 0.125. The van der Waals surface area contributed by atoms with Crippen LogP contribution in [0.1, 0.15) is 11.3 Å². The van der Waals surface area contributed by atoms with Gasteiger partial charge in [0, 0.05) is 11.6 Å². The second-order valence-electron chi connectivity index (χ2n) is 5.17. The minimum Gasteiger partial charge on any atom is -0.472 e. The van der Waals surface area contributed by atoms with E-state index in [0.717, 1.165) is 11.1 Å². The van der Waals surface area contributed by atoms with Crippen molar-refractivity contribution in [2.75, 3.05) is 0 Å². The maximum Gasteiger partial charge on any atom is 0.232 e. The molecule has 4 aromatic rings. The van der Waals surface area contributed by atoms with Crippen LogP contribution in [-0.4, -0.2) is 25.0 Å². The molecule has 7 nitrogen and oxygen atoms in total. The second kappa shape index (κ2) is 5.73. The molecular formula is C16H12FN5O2. The number of fused-ring (bicyclic) bond motifs is 1. The maximum atomic E-state index is 13.1. The summed E-state index contributed by atoms with van der Waals surface area (Å²) in [5.74, 6) is 0.760. The molecule has 0 atom stereocenters. The standard InChI is InChI=1S/C16H12FN5O2/c1-10-13(16(21-24-10)11-2-4-12(17)5-3-11)8-23-15-7-6-14-19-18-9-22(14)20-15/h2-7,9H,8H2,1H3. The molecule has 0 radical (unpaired) electrons. The Balaban J connectivity index is 1.60. The average molecular weight is 325 g/mol. The highest BCUT2D eigenvalue weighted by atomic mass is 19.1. The van der Waals surface area contributed by atoms with Gasteiger partial charge < -0.3 is 9.26 Å². The van der Waals surface area contributed by atoms with Crippen molar-refractivity contribution in [1.82, 2.24) is 25.0 Å². The van der Waals surface area contributed by atoms with Gasteiger partial charge in [0.1, 0.15) is 30.2 Å². The average Bonchev–Trinajstić information content (AvgIpc) is 3.20. The van der Waals surface area contributed by atoms with Crippen molar-refractivity contribution < 1.29 is 13.7 Å². The number of halogens is 1. The lowest BCUT2D eigenvalue weighted by Gasteiger charge is -2.06. The first-order chi connectivity index (χ1) is 11.7. The summed E-state index contributed by atoms with van der Waals surface area (Å²) < 4.78 is 25.6. The van der Waals surface area contributed by atoms with Gasteiger partial charge in [-0.1, -0.05) is 5.16 Å². The van der Waals surface area contributed by atoms with Gasteiger partial charge in [-0.25, -0.2) is 4.39 Å². The summed E-state index contributed by atoms with van der Waals surface area (Å²) in [6.07, 6.45) is 1.50. The van der Waals surface area contributed by atoms with Crippen molar-refractivity contribution in [2.24, 2.45) is 0 Å². The molecule has 0 bridgehead atoms. The van der Waals surface area contributed by atoms with Crippen LogP contribution in [0.4, 0.5) is 4.39 Å². The fourth-order valence-electron chi connectivity index (χ4n) is 2.33. The minimum absolute atomic E-state index is 0.225. The Kier molecular flexibility index (Phi) is 3.42. The zero-order chi connectivity index (χ0) is 16.5. The molecule has 0 aliphatic carbocycles. The monoisotopic (exact) mass is 325 g/mol. The van der Waals surface area contributed by atoms with E-state index in [1.807, 2.05) is 0 Å². The molecule has 3 heterocycles. The Morgan fingerprint density at radius 3 is 2.83 bits per heavy atom. The van der Waals surface area contributed by atoms with Crippen LogP contribution in [0, 0.1) is 12.7 Å². The third-order valence-electron chi connectivity index (χ3n) is 3.60. The molecule has 120 valence electrons. The van der Waals surface area contributed by atoms with Crippen LogP contribution in [0.15, 0.2) is 47.2 Å².